The molecule has 0 amide bonds. The van der Waals surface area contributed by atoms with Gasteiger partial charge in [0.05, 0.1) is 0 Å². The third-order valence-electron chi connectivity index (χ3n) is 0.535. The maximum absolute atomic E-state index is 4.59. The van der Waals surface area contributed by atoms with Gasteiger partial charge in [0.25, 0.3) is 0 Å². The van der Waals surface area contributed by atoms with E-state index in [0.717, 1.165) is 0 Å². The van der Waals surface area contributed by atoms with Gasteiger partial charge in [-0.1, -0.05) is 0 Å². The van der Waals surface area contributed by atoms with E-state index in [1.165, 1.54) is 0 Å². The van der Waals surface area contributed by atoms with E-state index in [0.29, 0.717) is 5.90 Å². The maximum atomic E-state index is 4.59. The minimum Gasteiger partial charge on any atom is -0.413 e. The lowest BCUT2D eigenvalue weighted by Gasteiger charge is -2.18. The predicted octanol–water partition coefficient (Wildman–Crippen LogP) is 1.88. The minimum absolute atomic E-state index is 0.640. The Hall–Kier alpha value is 0.170. The van der Waals surface area contributed by atoms with Crippen molar-refractivity contribution >= 4 is 29.0 Å². The van der Waals surface area contributed by atoms with Gasteiger partial charge in [-0.2, -0.15) is 10.2 Å². The van der Waals surface area contributed by atoms with Crippen LogP contribution in [0.5, 0.6) is 0 Å². The molecule has 0 saturated carbocycles. The number of thiol groups is 1. The Labute approximate surface area is 63.8 Å². The Morgan fingerprint density at radius 3 is 2.00 bits per heavy atom. The van der Waals surface area contributed by atoms with Crippen molar-refractivity contribution in [3.63, 3.8) is 0 Å². The zero-order valence-electron chi connectivity index (χ0n) is 6.21. The van der Waals surface area contributed by atoms with Crippen LogP contribution in [0.25, 0.3) is 0 Å². The molecule has 0 aliphatic heterocycles. The molecule has 0 fully saturated rings. The lowest BCUT2D eigenvalue weighted by Crippen LogP contribution is -1.94. The van der Waals surface area contributed by atoms with Gasteiger partial charge in [-0.25, -0.2) is 4.40 Å². The van der Waals surface area contributed by atoms with Crippen molar-refractivity contribution in [2.45, 2.75) is 6.92 Å². The zero-order valence-corrected chi connectivity index (χ0v) is 7.92. The zero-order chi connectivity index (χ0) is 7.49. The Morgan fingerprint density at radius 2 is 1.89 bits per heavy atom. The average molecular weight is 167 g/mol. The molecule has 0 aromatic carbocycles. The molecule has 56 valence electrons. The molecule has 0 radical (unpaired) electrons. The van der Waals surface area contributed by atoms with Gasteiger partial charge in [0.15, 0.2) is 0 Å². The topological polar surface area (TPSA) is 21.6 Å². The smallest absolute Gasteiger partial charge is 0.205 e. The van der Waals surface area contributed by atoms with Gasteiger partial charge in [0, 0.05) is 19.8 Å². The summed E-state index contributed by atoms with van der Waals surface area (Å²) in [7, 11) is -0.821. The molecule has 0 spiro atoms. The Balaban J connectivity index is 3.95. The maximum Gasteiger partial charge on any atom is 0.205 e. The van der Waals surface area contributed by atoms with Crippen molar-refractivity contribution in [1.82, 2.24) is 0 Å². The van der Waals surface area contributed by atoms with Crippen molar-refractivity contribution in [2.75, 3.05) is 18.8 Å². The highest BCUT2D eigenvalue weighted by Crippen LogP contribution is 2.36. The summed E-state index contributed by atoms with van der Waals surface area (Å²) in [5.41, 5.74) is 0. The first-order chi connectivity index (χ1) is 3.95. The van der Waals surface area contributed by atoms with Crippen LogP contribution in [0, 0.1) is 0 Å². The van der Waals surface area contributed by atoms with E-state index in [1.807, 2.05) is 0 Å². The molecular weight excluding hydrogens is 154 g/mol. The van der Waals surface area contributed by atoms with Crippen LogP contribution in [0.3, 0.4) is 0 Å². The second kappa shape index (κ2) is 3.37. The summed E-state index contributed by atoms with van der Waals surface area (Å²) in [5, 5.41) is 0. The standard InChI is InChI=1S/C5H13NOS2/c1-5(7-8)6-9(2,3)4/h8H,1-4H3/b6-5+. The van der Waals surface area contributed by atoms with E-state index < -0.39 is 10.2 Å². The van der Waals surface area contributed by atoms with Crippen LogP contribution < -0.4 is 0 Å². The lowest BCUT2D eigenvalue weighted by atomic mass is 10.8. The van der Waals surface area contributed by atoms with Crippen LogP contribution in [-0.2, 0) is 4.18 Å². The van der Waals surface area contributed by atoms with E-state index in [1.54, 1.807) is 6.92 Å². The third-order valence-corrected chi connectivity index (χ3v) is 1.60. The fourth-order valence-corrected chi connectivity index (χ4v) is 1.31. The molecule has 9 heavy (non-hydrogen) atoms. The van der Waals surface area contributed by atoms with Crippen molar-refractivity contribution in [3.05, 3.63) is 0 Å². The number of hydrogen-bond acceptors (Lipinski definition) is 3. The van der Waals surface area contributed by atoms with Gasteiger partial charge >= 0.3 is 0 Å². The van der Waals surface area contributed by atoms with Crippen molar-refractivity contribution in [1.29, 1.82) is 0 Å². The van der Waals surface area contributed by atoms with Crippen LogP contribution >= 0.6 is 23.1 Å². The summed E-state index contributed by atoms with van der Waals surface area (Å²) < 4.78 is 8.82. The van der Waals surface area contributed by atoms with E-state index >= 15 is 0 Å². The van der Waals surface area contributed by atoms with Crippen molar-refractivity contribution in [3.8, 4) is 0 Å². The van der Waals surface area contributed by atoms with Gasteiger partial charge < -0.3 is 4.18 Å². The summed E-state index contributed by atoms with van der Waals surface area (Å²) >= 11 is 3.61. The molecule has 0 heterocycles. The van der Waals surface area contributed by atoms with E-state index in [2.05, 4.69) is 40.3 Å². The molecule has 0 saturated heterocycles. The van der Waals surface area contributed by atoms with Crippen LogP contribution in [0.4, 0.5) is 0 Å². The Kier molecular flexibility index (Phi) is 3.43. The van der Waals surface area contributed by atoms with Gasteiger partial charge in [-0.05, 0) is 18.8 Å². The van der Waals surface area contributed by atoms with E-state index in [9.17, 15) is 0 Å². The fraction of sp³-hybridized carbons (Fsp3) is 0.800. The molecule has 0 bridgehead atoms. The first-order valence-electron chi connectivity index (χ1n) is 2.52. The van der Waals surface area contributed by atoms with Gasteiger partial charge in [0.2, 0.25) is 5.90 Å². The molecule has 0 atom stereocenters. The van der Waals surface area contributed by atoms with E-state index in [4.69, 9.17) is 0 Å². The predicted molar refractivity (Wildman–Crippen MR) is 48.5 cm³/mol. The normalized spacial score (nSPS) is 15.4. The Morgan fingerprint density at radius 1 is 1.44 bits per heavy atom. The molecule has 2 nitrogen and oxygen atoms in total. The first-order valence-corrected chi connectivity index (χ1v) is 5.70. The summed E-state index contributed by atoms with van der Waals surface area (Å²) in [4.78, 5) is 0. The van der Waals surface area contributed by atoms with Crippen LogP contribution in [0.15, 0.2) is 4.40 Å². The number of nitrogens with zero attached hydrogens (tertiary/aromatic N) is 1. The third kappa shape index (κ3) is 6.05. The summed E-state index contributed by atoms with van der Waals surface area (Å²) in [6.07, 6.45) is 6.26. The molecule has 0 aliphatic rings. The molecule has 0 aliphatic carbocycles. The van der Waals surface area contributed by atoms with Crippen LogP contribution in [-0.4, -0.2) is 24.7 Å². The summed E-state index contributed by atoms with van der Waals surface area (Å²) in [6.45, 7) is 1.80. The molecule has 0 rings (SSSR count). The quantitative estimate of drug-likeness (QED) is 0.274. The first kappa shape index (κ1) is 9.17. The molecule has 0 N–H and O–H groups in total. The van der Waals surface area contributed by atoms with Gasteiger partial charge in [-0.3, -0.25) is 0 Å². The van der Waals surface area contributed by atoms with Crippen molar-refractivity contribution in [2.24, 2.45) is 4.40 Å². The highest BCUT2D eigenvalue weighted by atomic mass is 32.3. The van der Waals surface area contributed by atoms with Gasteiger partial charge in [0.1, 0.15) is 0 Å². The van der Waals surface area contributed by atoms with Crippen molar-refractivity contribution < 1.29 is 4.18 Å². The molecular formula is C5H13NOS2. The second-order valence-corrected chi connectivity index (χ2v) is 6.38. The van der Waals surface area contributed by atoms with E-state index in [-0.39, 0.29) is 0 Å². The number of hydrogen-bond donors (Lipinski definition) is 1. The fourth-order valence-electron chi connectivity index (χ4n) is 0.402. The minimum atomic E-state index is -0.821. The highest BCUT2D eigenvalue weighted by molar-refractivity contribution is 8.31. The van der Waals surface area contributed by atoms with Gasteiger partial charge in [-0.15, -0.1) is 0 Å². The largest absolute Gasteiger partial charge is 0.413 e. The summed E-state index contributed by atoms with van der Waals surface area (Å²) in [6, 6.07) is 0. The molecule has 0 aromatic rings. The average Bonchev–Trinajstić information content (AvgIpc) is 1.62. The lowest BCUT2D eigenvalue weighted by molar-refractivity contribution is 0.655. The Bertz CT molecular complexity index is 117. The monoisotopic (exact) mass is 167 g/mol. The highest BCUT2D eigenvalue weighted by Gasteiger charge is 2.00. The SMILES string of the molecule is C/C(=N\S(C)(C)C)OS. The second-order valence-electron chi connectivity index (χ2n) is 2.47. The number of rotatable bonds is 1. The molecule has 0 aromatic heterocycles. The molecule has 4 heteroatoms. The van der Waals surface area contributed by atoms with Crippen LogP contribution in [0.1, 0.15) is 6.92 Å². The molecule has 0 unspecified atom stereocenters. The summed E-state index contributed by atoms with van der Waals surface area (Å²) in [5.74, 6) is 0.640. The van der Waals surface area contributed by atoms with Crippen LogP contribution in [0.2, 0.25) is 0 Å².